The Balaban J connectivity index is 1.57. The van der Waals surface area contributed by atoms with E-state index in [-0.39, 0.29) is 55.4 Å². The number of benzene rings is 4. The Morgan fingerprint density at radius 1 is 0.894 bits per heavy atom. The first-order valence-electron chi connectivity index (χ1n) is 14.9. The zero-order valence-electron chi connectivity index (χ0n) is 25.5. The maximum Gasteiger partial charge on any atom is 0.339 e. The van der Waals surface area contributed by atoms with Crippen LogP contribution in [0.15, 0.2) is 103 Å². The summed E-state index contributed by atoms with van der Waals surface area (Å²) in [5, 5.41) is 11.3. The van der Waals surface area contributed by atoms with Crippen LogP contribution in [0.2, 0.25) is 0 Å². The number of nitro benzene ring substituents is 1. The molecule has 4 aromatic carbocycles. The summed E-state index contributed by atoms with van der Waals surface area (Å²) in [4.78, 5) is 54.1. The largest absolute Gasteiger partial charge is 0.496 e. The molecule has 1 fully saturated rings. The van der Waals surface area contributed by atoms with Crippen molar-refractivity contribution in [2.45, 2.75) is 36.9 Å². The lowest BCUT2D eigenvalue weighted by Crippen LogP contribution is -2.73. The molecule has 1 aliphatic heterocycles. The van der Waals surface area contributed by atoms with Gasteiger partial charge in [-0.2, -0.15) is 0 Å². The van der Waals surface area contributed by atoms with E-state index < -0.39 is 39.8 Å². The van der Waals surface area contributed by atoms with E-state index in [0.717, 1.165) is 23.3 Å². The number of hydrogen-bond acceptors (Lipinski definition) is 10. The van der Waals surface area contributed by atoms with Crippen LogP contribution < -0.4 is 4.74 Å². The van der Waals surface area contributed by atoms with Gasteiger partial charge in [0.15, 0.2) is 11.4 Å². The predicted molar refractivity (Wildman–Crippen MR) is 167 cm³/mol. The van der Waals surface area contributed by atoms with Crippen LogP contribution >= 0.6 is 0 Å². The third-order valence-corrected chi connectivity index (χ3v) is 8.47. The van der Waals surface area contributed by atoms with Crippen LogP contribution in [0.3, 0.4) is 0 Å². The van der Waals surface area contributed by atoms with Crippen LogP contribution in [-0.2, 0) is 37.0 Å². The van der Waals surface area contributed by atoms with E-state index in [1.54, 1.807) is 18.2 Å². The van der Waals surface area contributed by atoms with Crippen molar-refractivity contribution in [1.82, 2.24) is 0 Å². The fraction of sp³-hybridized carbons (Fsp3) is 0.250. The van der Waals surface area contributed by atoms with Crippen molar-refractivity contribution in [1.29, 1.82) is 0 Å². The Bertz CT molecular complexity index is 1790. The molecule has 0 bridgehead atoms. The molecule has 0 saturated carbocycles. The number of rotatable bonds is 10. The number of carbonyl (C=O) groups is 3. The number of hydrogen-bond donors (Lipinski definition) is 0. The number of esters is 1. The van der Waals surface area contributed by atoms with E-state index in [9.17, 15) is 19.7 Å². The normalized spacial score (nSPS) is 22.0. The highest BCUT2D eigenvalue weighted by molar-refractivity contribution is 6.23. The summed E-state index contributed by atoms with van der Waals surface area (Å²) in [6.07, 6.45) is -1.45. The Morgan fingerprint density at radius 2 is 1.55 bits per heavy atom. The number of nitro groups is 1. The molecule has 3 atom stereocenters. The molecule has 1 heterocycles. The van der Waals surface area contributed by atoms with Crippen LogP contribution in [0.25, 0.3) is 0 Å². The average molecular weight is 638 g/mol. The summed E-state index contributed by atoms with van der Waals surface area (Å²) in [7, 11) is 1.39. The fourth-order valence-corrected chi connectivity index (χ4v) is 6.18. The third kappa shape index (κ3) is 5.69. The number of non-ortho nitro benzene ring substituents is 1. The molecule has 0 aromatic heterocycles. The summed E-state index contributed by atoms with van der Waals surface area (Å²) in [6, 6.07) is 28.1. The Kier molecular flexibility index (Phi) is 8.95. The molecule has 47 heavy (non-hydrogen) atoms. The molecule has 4 aromatic rings. The van der Waals surface area contributed by atoms with Gasteiger partial charge in [0.25, 0.3) is 11.3 Å². The minimum absolute atomic E-state index is 0.0127. The van der Waals surface area contributed by atoms with Gasteiger partial charge >= 0.3 is 5.97 Å². The standard InChI is InChI=1S/C36H31NO10/c1-43-29-14-8-13-28-31(29)32(39)36(47-34(40)26-15-17-27(18-16-26)37(41)42)30(38)19-20-44-23-35(36,46-22-25-11-6-3-7-12-25)33(28)45-21-24-9-4-2-5-10-24/h2-18,33H,19-23H2,1H3/t33-,35-,36+/m1/s1. The first-order chi connectivity index (χ1) is 22.8. The molecule has 240 valence electrons. The topological polar surface area (TPSA) is 140 Å². The van der Waals surface area contributed by atoms with Crippen LogP contribution in [-0.4, -0.2) is 54.0 Å². The number of fused-ring (bicyclic) bond motifs is 2. The van der Waals surface area contributed by atoms with Gasteiger partial charge in [-0.25, -0.2) is 4.79 Å². The minimum Gasteiger partial charge on any atom is -0.496 e. The smallest absolute Gasteiger partial charge is 0.339 e. The molecule has 0 spiro atoms. The summed E-state index contributed by atoms with van der Waals surface area (Å²) in [5.41, 5.74) is -3.06. The van der Waals surface area contributed by atoms with E-state index in [0.29, 0.717) is 5.56 Å². The average Bonchev–Trinajstić information content (AvgIpc) is 3.24. The molecular weight excluding hydrogens is 606 g/mol. The number of nitrogens with zero attached hydrogens (tertiary/aromatic N) is 1. The Morgan fingerprint density at radius 3 is 2.19 bits per heavy atom. The van der Waals surface area contributed by atoms with E-state index in [1.165, 1.54) is 19.2 Å². The molecule has 11 nitrogen and oxygen atoms in total. The van der Waals surface area contributed by atoms with Gasteiger partial charge in [0.05, 0.1) is 49.6 Å². The molecule has 11 heteroatoms. The molecule has 0 radical (unpaired) electrons. The zero-order valence-corrected chi connectivity index (χ0v) is 25.5. The molecule has 2 aliphatic rings. The second-order valence-electron chi connectivity index (χ2n) is 11.2. The van der Waals surface area contributed by atoms with Crippen LogP contribution in [0, 0.1) is 10.1 Å². The van der Waals surface area contributed by atoms with Crippen molar-refractivity contribution < 1.29 is 43.0 Å². The zero-order chi connectivity index (χ0) is 33.0. The summed E-state index contributed by atoms with van der Waals surface area (Å²) in [5.74, 6) is -2.49. The van der Waals surface area contributed by atoms with Crippen molar-refractivity contribution >= 4 is 23.2 Å². The lowest BCUT2D eigenvalue weighted by atomic mass is 9.64. The molecule has 1 aliphatic carbocycles. The molecule has 6 rings (SSSR count). The second-order valence-corrected chi connectivity index (χ2v) is 11.2. The third-order valence-electron chi connectivity index (χ3n) is 8.47. The molecule has 1 saturated heterocycles. The maximum absolute atomic E-state index is 15.0. The van der Waals surface area contributed by atoms with Gasteiger partial charge in [0.2, 0.25) is 5.78 Å². The molecule has 0 unspecified atom stereocenters. The van der Waals surface area contributed by atoms with Crippen LogP contribution in [0.1, 0.15) is 49.9 Å². The highest BCUT2D eigenvalue weighted by atomic mass is 16.6. The van der Waals surface area contributed by atoms with Gasteiger partial charge < -0.3 is 23.7 Å². The van der Waals surface area contributed by atoms with Gasteiger partial charge in [-0.05, 0) is 34.9 Å². The second kappa shape index (κ2) is 13.2. The number of ether oxygens (including phenoxy) is 5. The Hall–Kier alpha value is -5.23. The predicted octanol–water partition coefficient (Wildman–Crippen LogP) is 5.60. The van der Waals surface area contributed by atoms with Crippen LogP contribution in [0.4, 0.5) is 5.69 Å². The maximum atomic E-state index is 15.0. The van der Waals surface area contributed by atoms with Crippen molar-refractivity contribution in [3.8, 4) is 5.75 Å². The summed E-state index contributed by atoms with van der Waals surface area (Å²) < 4.78 is 31.1. The minimum atomic E-state index is -2.60. The summed E-state index contributed by atoms with van der Waals surface area (Å²) in [6.45, 7) is -0.460. The molecule has 0 N–H and O–H groups in total. The highest BCUT2D eigenvalue weighted by Gasteiger charge is 2.73. The van der Waals surface area contributed by atoms with Crippen molar-refractivity contribution in [3.63, 3.8) is 0 Å². The van der Waals surface area contributed by atoms with Gasteiger partial charge in [-0.3, -0.25) is 19.7 Å². The van der Waals surface area contributed by atoms with Crippen molar-refractivity contribution in [3.05, 3.63) is 141 Å². The first kappa shape index (κ1) is 31.7. The number of methoxy groups -OCH3 is 1. The lowest BCUT2D eigenvalue weighted by Gasteiger charge is -2.52. The summed E-state index contributed by atoms with van der Waals surface area (Å²) >= 11 is 0. The molecular formula is C36H31NO10. The van der Waals surface area contributed by atoms with Crippen molar-refractivity contribution in [2.75, 3.05) is 20.3 Å². The van der Waals surface area contributed by atoms with E-state index in [2.05, 4.69) is 0 Å². The van der Waals surface area contributed by atoms with Gasteiger partial charge in [-0.1, -0.05) is 72.8 Å². The first-order valence-corrected chi connectivity index (χ1v) is 14.9. The van der Waals surface area contributed by atoms with E-state index >= 15 is 4.79 Å². The van der Waals surface area contributed by atoms with Crippen LogP contribution in [0.5, 0.6) is 5.75 Å². The molecule has 0 amide bonds. The number of carbonyl (C=O) groups excluding carboxylic acids is 3. The highest BCUT2D eigenvalue weighted by Crippen LogP contribution is 2.54. The monoisotopic (exact) mass is 637 g/mol. The van der Waals surface area contributed by atoms with Gasteiger partial charge in [-0.15, -0.1) is 0 Å². The van der Waals surface area contributed by atoms with E-state index in [4.69, 9.17) is 23.7 Å². The fourth-order valence-electron chi connectivity index (χ4n) is 6.18. The van der Waals surface area contributed by atoms with Gasteiger partial charge in [0, 0.05) is 18.6 Å². The quantitative estimate of drug-likeness (QED) is 0.0934. The number of Topliss-reactive ketones (excluding diaryl/α,β-unsaturated/α-hetero) is 2. The van der Waals surface area contributed by atoms with Gasteiger partial charge in [0.1, 0.15) is 11.9 Å². The Labute approximate surface area is 270 Å². The lowest BCUT2D eigenvalue weighted by molar-refractivity contribution is -0.384. The SMILES string of the molecule is COc1cccc2c1C(=O)[C@@]1(OC(=O)c3ccc([N+](=O)[O-])cc3)C(=O)CCOC[C@@]1(OCc1ccccc1)[C@@H]2OCc1ccccc1. The van der Waals surface area contributed by atoms with E-state index in [1.807, 2.05) is 60.7 Å². The van der Waals surface area contributed by atoms with Crippen molar-refractivity contribution in [2.24, 2.45) is 0 Å². The number of ketones is 2.